The Morgan fingerprint density at radius 1 is 1.21 bits per heavy atom. The summed E-state index contributed by atoms with van der Waals surface area (Å²) in [6.45, 7) is 6.26. The molecule has 0 saturated carbocycles. The molecule has 2 heterocycles. The number of carbonyl (C=O) groups excluding carboxylic acids is 2. The number of ketones is 1. The van der Waals surface area contributed by atoms with E-state index in [4.69, 9.17) is 9.15 Å². The Labute approximate surface area is 201 Å². The predicted octanol–water partition coefficient (Wildman–Crippen LogP) is 6.36. The normalized spacial score (nSPS) is 16.3. The predicted molar refractivity (Wildman–Crippen MR) is 129 cm³/mol. The van der Waals surface area contributed by atoms with Crippen LogP contribution in [0.15, 0.2) is 68.8 Å². The summed E-state index contributed by atoms with van der Waals surface area (Å²) in [6, 6.07) is 13.6. The van der Waals surface area contributed by atoms with Gasteiger partial charge in [0.2, 0.25) is 5.78 Å². The lowest BCUT2D eigenvalue weighted by Crippen LogP contribution is -2.32. The van der Waals surface area contributed by atoms with E-state index in [1.165, 1.54) is 0 Å². The van der Waals surface area contributed by atoms with Crippen molar-refractivity contribution in [3.05, 3.63) is 75.7 Å². The van der Waals surface area contributed by atoms with Gasteiger partial charge in [0.05, 0.1) is 17.7 Å². The SMILES string of the molecule is CCCCN1C(=O)C(O)=C(C(=O)c2cc3cc(Br)ccc3o2)C1c1ccccc1OC(C)C. The fourth-order valence-electron chi connectivity index (χ4n) is 4.09. The van der Waals surface area contributed by atoms with Crippen LogP contribution >= 0.6 is 15.9 Å². The fourth-order valence-corrected chi connectivity index (χ4v) is 4.47. The third-order valence-electron chi connectivity index (χ3n) is 5.58. The van der Waals surface area contributed by atoms with Crippen LogP contribution in [0.1, 0.15) is 55.8 Å². The standard InChI is InChI=1S/C26H26BrNO5/c1-4-5-12-28-23(18-8-6-7-9-20(18)32-15(2)3)22(25(30)26(28)31)24(29)21-14-16-13-17(27)10-11-19(16)33-21/h6-11,13-15,23,30H,4-5,12H2,1-3H3. The molecule has 1 amide bonds. The number of aliphatic hydroxyl groups excluding tert-OH is 1. The molecule has 0 bridgehead atoms. The Kier molecular flexibility index (Phi) is 6.61. The summed E-state index contributed by atoms with van der Waals surface area (Å²) in [4.78, 5) is 28.3. The molecule has 0 aliphatic carbocycles. The molecule has 4 rings (SSSR count). The number of carbonyl (C=O) groups is 2. The molecule has 1 aliphatic rings. The van der Waals surface area contributed by atoms with Crippen LogP contribution in [-0.2, 0) is 4.79 Å². The lowest BCUT2D eigenvalue weighted by molar-refractivity contribution is -0.129. The highest BCUT2D eigenvalue weighted by Crippen LogP contribution is 2.43. The number of hydrogen-bond donors (Lipinski definition) is 1. The zero-order valence-corrected chi connectivity index (χ0v) is 20.4. The molecule has 1 atom stereocenters. The Hall–Kier alpha value is -3.06. The number of halogens is 1. The van der Waals surface area contributed by atoms with Gasteiger partial charge in [-0.05, 0) is 50.6 Å². The zero-order valence-electron chi connectivity index (χ0n) is 18.8. The Bertz CT molecular complexity index is 1240. The molecule has 0 spiro atoms. The van der Waals surface area contributed by atoms with Crippen LogP contribution in [0.5, 0.6) is 5.75 Å². The number of hydrogen-bond acceptors (Lipinski definition) is 5. The first-order chi connectivity index (χ1) is 15.8. The number of aliphatic hydroxyl groups is 1. The van der Waals surface area contributed by atoms with Crippen molar-refractivity contribution in [2.24, 2.45) is 0 Å². The van der Waals surface area contributed by atoms with Crippen LogP contribution in [0.4, 0.5) is 0 Å². The van der Waals surface area contributed by atoms with Gasteiger partial charge in [0.25, 0.3) is 5.91 Å². The van der Waals surface area contributed by atoms with E-state index in [9.17, 15) is 14.7 Å². The van der Waals surface area contributed by atoms with Crippen molar-refractivity contribution in [3.63, 3.8) is 0 Å². The average molecular weight is 512 g/mol. The first kappa shape index (κ1) is 23.1. The summed E-state index contributed by atoms with van der Waals surface area (Å²) in [7, 11) is 0. The van der Waals surface area contributed by atoms with Crippen LogP contribution in [0.2, 0.25) is 0 Å². The number of nitrogens with zero attached hydrogens (tertiary/aromatic N) is 1. The maximum atomic E-state index is 13.7. The van der Waals surface area contributed by atoms with Gasteiger partial charge < -0.3 is 19.2 Å². The van der Waals surface area contributed by atoms with Gasteiger partial charge in [0.15, 0.2) is 11.5 Å². The molecular formula is C26H26BrNO5. The topological polar surface area (TPSA) is 80.0 Å². The van der Waals surface area contributed by atoms with E-state index < -0.39 is 23.5 Å². The summed E-state index contributed by atoms with van der Waals surface area (Å²) >= 11 is 3.42. The molecule has 1 aliphatic heterocycles. The van der Waals surface area contributed by atoms with Crippen LogP contribution in [-0.4, -0.2) is 34.3 Å². The zero-order chi connectivity index (χ0) is 23.7. The van der Waals surface area contributed by atoms with Crippen LogP contribution in [0, 0.1) is 0 Å². The molecule has 6 nitrogen and oxygen atoms in total. The molecule has 3 aromatic rings. The van der Waals surface area contributed by atoms with E-state index in [0.717, 1.165) is 22.7 Å². The highest BCUT2D eigenvalue weighted by molar-refractivity contribution is 9.10. The number of furan rings is 1. The number of amides is 1. The Morgan fingerprint density at radius 2 is 1.97 bits per heavy atom. The summed E-state index contributed by atoms with van der Waals surface area (Å²) in [5, 5.41) is 11.6. The van der Waals surface area contributed by atoms with Crippen molar-refractivity contribution in [2.75, 3.05) is 6.54 Å². The molecule has 0 radical (unpaired) electrons. The number of ether oxygens (including phenoxy) is 1. The largest absolute Gasteiger partial charge is 0.503 e. The number of benzene rings is 2. The van der Waals surface area contributed by atoms with Gasteiger partial charge in [-0.15, -0.1) is 0 Å². The second-order valence-corrected chi connectivity index (χ2v) is 9.26. The number of fused-ring (bicyclic) bond motifs is 1. The second-order valence-electron chi connectivity index (χ2n) is 8.34. The van der Waals surface area contributed by atoms with Gasteiger partial charge in [-0.25, -0.2) is 0 Å². The highest BCUT2D eigenvalue weighted by Gasteiger charge is 2.45. The maximum Gasteiger partial charge on any atom is 0.290 e. The Balaban J connectivity index is 1.83. The smallest absolute Gasteiger partial charge is 0.290 e. The van der Waals surface area contributed by atoms with Gasteiger partial charge in [-0.2, -0.15) is 0 Å². The molecule has 0 saturated heterocycles. The molecule has 1 aromatic heterocycles. The number of rotatable bonds is 8. The van der Waals surface area contributed by atoms with E-state index in [-0.39, 0.29) is 17.4 Å². The van der Waals surface area contributed by atoms with Crippen molar-refractivity contribution in [1.29, 1.82) is 0 Å². The molecule has 1 unspecified atom stereocenters. The molecule has 1 N–H and O–H groups in total. The van der Waals surface area contributed by atoms with E-state index in [1.54, 1.807) is 17.0 Å². The number of para-hydroxylation sites is 1. The van der Waals surface area contributed by atoms with Gasteiger partial charge in [-0.3, -0.25) is 9.59 Å². The minimum atomic E-state index is -0.772. The third kappa shape index (κ3) is 4.42. The summed E-state index contributed by atoms with van der Waals surface area (Å²) in [5.74, 6) is -0.976. The van der Waals surface area contributed by atoms with E-state index in [1.807, 2.05) is 57.2 Å². The molecular weight excluding hydrogens is 486 g/mol. The Morgan fingerprint density at radius 3 is 2.70 bits per heavy atom. The first-order valence-electron chi connectivity index (χ1n) is 11.0. The van der Waals surface area contributed by atoms with Crippen molar-refractivity contribution in [3.8, 4) is 5.75 Å². The molecule has 172 valence electrons. The minimum Gasteiger partial charge on any atom is -0.503 e. The van der Waals surface area contributed by atoms with Crippen molar-refractivity contribution >= 4 is 38.6 Å². The summed E-state index contributed by atoms with van der Waals surface area (Å²) in [5.41, 5.74) is 1.21. The van der Waals surface area contributed by atoms with Crippen molar-refractivity contribution in [1.82, 2.24) is 4.90 Å². The highest BCUT2D eigenvalue weighted by atomic mass is 79.9. The first-order valence-corrected chi connectivity index (χ1v) is 11.8. The quantitative estimate of drug-likeness (QED) is 0.355. The average Bonchev–Trinajstić information content (AvgIpc) is 3.30. The molecule has 2 aromatic carbocycles. The van der Waals surface area contributed by atoms with E-state index >= 15 is 0 Å². The lowest BCUT2D eigenvalue weighted by atomic mass is 9.94. The van der Waals surface area contributed by atoms with Crippen molar-refractivity contribution < 1.29 is 23.8 Å². The monoisotopic (exact) mass is 511 g/mol. The van der Waals surface area contributed by atoms with Crippen LogP contribution in [0.3, 0.4) is 0 Å². The fraction of sp³-hybridized carbons (Fsp3) is 0.308. The van der Waals surface area contributed by atoms with Crippen LogP contribution < -0.4 is 4.74 Å². The third-order valence-corrected chi connectivity index (χ3v) is 6.07. The lowest BCUT2D eigenvalue weighted by Gasteiger charge is -2.28. The van der Waals surface area contributed by atoms with Gasteiger partial charge >= 0.3 is 0 Å². The maximum absolute atomic E-state index is 13.7. The van der Waals surface area contributed by atoms with Crippen molar-refractivity contribution in [2.45, 2.75) is 45.8 Å². The second kappa shape index (κ2) is 9.43. The summed E-state index contributed by atoms with van der Waals surface area (Å²) < 4.78 is 12.7. The van der Waals surface area contributed by atoms with Gasteiger partial charge in [0, 0.05) is 22.0 Å². The minimum absolute atomic E-state index is 0.00836. The van der Waals surface area contributed by atoms with E-state index in [2.05, 4.69) is 15.9 Å². The van der Waals surface area contributed by atoms with Gasteiger partial charge in [-0.1, -0.05) is 47.5 Å². The van der Waals surface area contributed by atoms with E-state index in [0.29, 0.717) is 23.4 Å². The molecule has 33 heavy (non-hydrogen) atoms. The molecule has 0 fully saturated rings. The number of Topliss-reactive ketones (excluding diaryl/α,β-unsaturated/α-hetero) is 1. The van der Waals surface area contributed by atoms with Crippen LogP contribution in [0.25, 0.3) is 11.0 Å². The number of unbranched alkanes of at least 4 members (excludes halogenated alkanes) is 1. The summed E-state index contributed by atoms with van der Waals surface area (Å²) in [6.07, 6.45) is 1.50. The van der Waals surface area contributed by atoms with Gasteiger partial charge in [0.1, 0.15) is 11.3 Å². The molecule has 7 heteroatoms.